The summed E-state index contributed by atoms with van der Waals surface area (Å²) in [6, 6.07) is 9.97. The van der Waals surface area contributed by atoms with E-state index in [1.807, 2.05) is 45.9 Å². The van der Waals surface area contributed by atoms with E-state index in [2.05, 4.69) is 5.32 Å². The van der Waals surface area contributed by atoms with Gasteiger partial charge in [-0.2, -0.15) is 0 Å². The van der Waals surface area contributed by atoms with E-state index in [9.17, 15) is 18.0 Å². The Morgan fingerprint density at radius 2 is 1.75 bits per heavy atom. The van der Waals surface area contributed by atoms with Crippen molar-refractivity contribution in [2.75, 3.05) is 23.7 Å². The Labute approximate surface area is 224 Å². The van der Waals surface area contributed by atoms with Gasteiger partial charge in [-0.25, -0.2) is 8.42 Å². The molecule has 0 fully saturated rings. The maximum atomic E-state index is 13.4. The number of aryl methyl sites for hydroxylation is 2. The Morgan fingerprint density at radius 1 is 1.06 bits per heavy atom. The molecule has 10 heteroatoms. The summed E-state index contributed by atoms with van der Waals surface area (Å²) >= 11 is 12.4. The molecule has 0 aliphatic rings. The Hall–Kier alpha value is -2.29. The molecule has 0 saturated carbocycles. The normalized spacial score (nSPS) is 12.2. The van der Waals surface area contributed by atoms with Gasteiger partial charge in [0, 0.05) is 36.1 Å². The van der Waals surface area contributed by atoms with Crippen LogP contribution in [-0.4, -0.2) is 50.5 Å². The topological polar surface area (TPSA) is 86.8 Å². The van der Waals surface area contributed by atoms with Crippen molar-refractivity contribution in [1.29, 1.82) is 0 Å². The number of carbonyl (C=O) groups excluding carboxylic acids is 2. The molecule has 2 rings (SSSR count). The van der Waals surface area contributed by atoms with Crippen molar-refractivity contribution in [3.8, 4) is 0 Å². The van der Waals surface area contributed by atoms with Gasteiger partial charge in [-0.1, -0.05) is 48.3 Å². The van der Waals surface area contributed by atoms with E-state index in [-0.39, 0.29) is 37.7 Å². The van der Waals surface area contributed by atoms with Crippen molar-refractivity contribution in [1.82, 2.24) is 10.2 Å². The summed E-state index contributed by atoms with van der Waals surface area (Å²) < 4.78 is 26.5. The zero-order chi connectivity index (χ0) is 27.0. The fraction of sp³-hybridized carbons (Fsp3) is 0.462. The van der Waals surface area contributed by atoms with Gasteiger partial charge in [0.1, 0.15) is 6.04 Å². The summed E-state index contributed by atoms with van der Waals surface area (Å²) in [5.74, 6) is -0.500. The van der Waals surface area contributed by atoms with E-state index in [0.29, 0.717) is 34.3 Å². The van der Waals surface area contributed by atoms with Gasteiger partial charge in [0.05, 0.1) is 11.9 Å². The third-order valence-corrected chi connectivity index (χ3v) is 7.65. The van der Waals surface area contributed by atoms with E-state index in [1.165, 1.54) is 9.21 Å². The zero-order valence-electron chi connectivity index (χ0n) is 21.5. The SMILES string of the molecule is CCNC(=O)[C@@H](CC)N(Cc1ccc(Cl)cc1Cl)C(=O)CCCN(c1cc(C)ccc1C)S(C)(=O)=O. The minimum absolute atomic E-state index is 0.0675. The molecule has 1 atom stereocenters. The van der Waals surface area contributed by atoms with Gasteiger partial charge < -0.3 is 10.2 Å². The van der Waals surface area contributed by atoms with E-state index >= 15 is 0 Å². The van der Waals surface area contributed by atoms with Gasteiger partial charge in [-0.15, -0.1) is 0 Å². The van der Waals surface area contributed by atoms with Gasteiger partial charge in [-0.05, 0) is 68.5 Å². The molecule has 2 aromatic rings. The quantitative estimate of drug-likeness (QED) is 0.394. The smallest absolute Gasteiger partial charge is 0.242 e. The number of nitrogens with zero attached hydrogens (tertiary/aromatic N) is 2. The maximum absolute atomic E-state index is 13.4. The van der Waals surface area contributed by atoms with Gasteiger partial charge >= 0.3 is 0 Å². The molecule has 0 saturated heterocycles. The number of nitrogens with one attached hydrogen (secondary N) is 1. The second kappa shape index (κ2) is 13.3. The molecule has 0 bridgehead atoms. The average Bonchev–Trinajstić information content (AvgIpc) is 2.79. The first-order valence-corrected chi connectivity index (χ1v) is 14.6. The maximum Gasteiger partial charge on any atom is 0.242 e. The molecule has 1 N–H and O–H groups in total. The molecule has 0 unspecified atom stereocenters. The van der Waals surface area contributed by atoms with Crippen LogP contribution in [-0.2, 0) is 26.2 Å². The average molecular weight is 557 g/mol. The number of halogens is 2. The number of benzene rings is 2. The van der Waals surface area contributed by atoms with Gasteiger partial charge in [0.25, 0.3) is 0 Å². The first-order chi connectivity index (χ1) is 16.9. The predicted molar refractivity (Wildman–Crippen MR) is 147 cm³/mol. The summed E-state index contributed by atoms with van der Waals surface area (Å²) in [4.78, 5) is 27.7. The molecule has 0 aliphatic heterocycles. The van der Waals surface area contributed by atoms with Crippen molar-refractivity contribution in [2.45, 2.75) is 59.5 Å². The Morgan fingerprint density at radius 3 is 2.33 bits per heavy atom. The second-order valence-electron chi connectivity index (χ2n) is 8.80. The van der Waals surface area contributed by atoms with E-state index in [4.69, 9.17) is 23.2 Å². The summed E-state index contributed by atoms with van der Waals surface area (Å²) in [6.07, 6.45) is 1.93. The van der Waals surface area contributed by atoms with Crippen LogP contribution < -0.4 is 9.62 Å². The Balaban J connectivity index is 2.27. The highest BCUT2D eigenvalue weighted by molar-refractivity contribution is 7.92. The van der Waals surface area contributed by atoms with Crippen LogP contribution in [0.3, 0.4) is 0 Å². The largest absolute Gasteiger partial charge is 0.355 e. The number of likely N-dealkylation sites (N-methyl/N-ethyl adjacent to an activating group) is 1. The summed E-state index contributed by atoms with van der Waals surface area (Å²) in [7, 11) is -3.56. The molecule has 0 spiro atoms. The molecule has 0 aromatic heterocycles. The van der Waals surface area contributed by atoms with Crippen LogP contribution in [0.4, 0.5) is 5.69 Å². The van der Waals surface area contributed by atoms with Crippen LogP contribution in [0.5, 0.6) is 0 Å². The number of hydrogen-bond donors (Lipinski definition) is 1. The zero-order valence-corrected chi connectivity index (χ0v) is 23.8. The fourth-order valence-electron chi connectivity index (χ4n) is 4.02. The third-order valence-electron chi connectivity index (χ3n) is 5.88. The number of hydrogen-bond acceptors (Lipinski definition) is 4. The molecular formula is C26H35Cl2N3O4S. The molecule has 0 heterocycles. The monoisotopic (exact) mass is 555 g/mol. The molecule has 7 nitrogen and oxygen atoms in total. The lowest BCUT2D eigenvalue weighted by Crippen LogP contribution is -2.49. The lowest BCUT2D eigenvalue weighted by Gasteiger charge is -2.31. The highest BCUT2D eigenvalue weighted by Gasteiger charge is 2.29. The minimum atomic E-state index is -3.56. The molecule has 2 aromatic carbocycles. The summed E-state index contributed by atoms with van der Waals surface area (Å²) in [5, 5.41) is 3.68. The van der Waals surface area contributed by atoms with Gasteiger partial charge in [0.15, 0.2) is 0 Å². The first kappa shape index (κ1) is 29.9. The van der Waals surface area contributed by atoms with Gasteiger partial charge in [-0.3, -0.25) is 13.9 Å². The Kier molecular flexibility index (Phi) is 11.1. The first-order valence-electron chi connectivity index (χ1n) is 11.9. The van der Waals surface area contributed by atoms with Gasteiger partial charge in [0.2, 0.25) is 21.8 Å². The lowest BCUT2D eigenvalue weighted by molar-refractivity contribution is -0.141. The van der Waals surface area contributed by atoms with Crippen molar-refractivity contribution in [3.63, 3.8) is 0 Å². The number of anilines is 1. The predicted octanol–water partition coefficient (Wildman–Crippen LogP) is 5.10. The van der Waals surface area contributed by atoms with Crippen molar-refractivity contribution >= 4 is 50.7 Å². The summed E-state index contributed by atoms with van der Waals surface area (Å²) in [5.41, 5.74) is 3.05. The number of amides is 2. The minimum Gasteiger partial charge on any atom is -0.355 e. The van der Waals surface area contributed by atoms with Crippen molar-refractivity contribution in [3.05, 3.63) is 63.1 Å². The van der Waals surface area contributed by atoms with Crippen LogP contribution in [0.25, 0.3) is 0 Å². The third kappa shape index (κ3) is 8.11. The second-order valence-corrected chi connectivity index (χ2v) is 11.6. The van der Waals surface area contributed by atoms with Crippen molar-refractivity contribution in [2.24, 2.45) is 0 Å². The van der Waals surface area contributed by atoms with E-state index in [0.717, 1.165) is 17.4 Å². The van der Waals surface area contributed by atoms with Crippen LogP contribution in [0.15, 0.2) is 36.4 Å². The number of rotatable bonds is 12. The molecule has 0 aliphatic carbocycles. The van der Waals surface area contributed by atoms with E-state index in [1.54, 1.807) is 18.2 Å². The standard InChI is InChI=1S/C26H35Cl2N3O4S/c1-6-23(26(33)29-7-2)30(17-20-12-13-21(27)16-22(20)28)25(32)9-8-14-31(36(5,34)35)24-15-18(3)10-11-19(24)4/h10-13,15-16,23H,6-9,14,17H2,1-5H3,(H,29,33)/t23-/m1/s1. The van der Waals surface area contributed by atoms with Crippen LogP contribution in [0.2, 0.25) is 10.0 Å². The van der Waals surface area contributed by atoms with E-state index < -0.39 is 16.1 Å². The van der Waals surface area contributed by atoms with Crippen LogP contribution >= 0.6 is 23.2 Å². The molecule has 36 heavy (non-hydrogen) atoms. The fourth-order valence-corrected chi connectivity index (χ4v) is 5.50. The highest BCUT2D eigenvalue weighted by Crippen LogP contribution is 2.26. The molecule has 2 amide bonds. The number of sulfonamides is 1. The lowest BCUT2D eigenvalue weighted by atomic mass is 10.1. The van der Waals surface area contributed by atoms with Crippen LogP contribution in [0.1, 0.15) is 49.8 Å². The molecule has 198 valence electrons. The van der Waals surface area contributed by atoms with Crippen LogP contribution in [0, 0.1) is 13.8 Å². The number of carbonyl (C=O) groups is 2. The Bertz CT molecular complexity index is 1190. The highest BCUT2D eigenvalue weighted by atomic mass is 35.5. The molecular weight excluding hydrogens is 521 g/mol. The summed E-state index contributed by atoms with van der Waals surface area (Å²) in [6.45, 7) is 8.14. The van der Waals surface area contributed by atoms with Crippen molar-refractivity contribution < 1.29 is 18.0 Å². The molecule has 0 radical (unpaired) electrons.